The van der Waals surface area contributed by atoms with E-state index in [9.17, 15) is 13.2 Å². The van der Waals surface area contributed by atoms with E-state index < -0.39 is 22.2 Å². The molecule has 39 heavy (non-hydrogen) atoms. The van der Waals surface area contributed by atoms with Crippen molar-refractivity contribution in [3.05, 3.63) is 114 Å². The molecule has 0 aliphatic rings. The monoisotopic (exact) mass is 544 g/mol. The minimum absolute atomic E-state index is 0.0259. The lowest BCUT2D eigenvalue weighted by Crippen LogP contribution is -2.23. The number of hydrogen-bond acceptors (Lipinski definition) is 8. The number of esters is 1. The van der Waals surface area contributed by atoms with Gasteiger partial charge in [-0.2, -0.15) is 8.42 Å². The highest BCUT2D eigenvalue weighted by molar-refractivity contribution is 7.86. The number of benzene rings is 3. The molecule has 0 spiro atoms. The quantitative estimate of drug-likeness (QED) is 0.0782. The number of aromatic nitrogens is 1. The number of fused-ring (bicyclic) bond motifs is 1. The zero-order chi connectivity index (χ0) is 27.5. The normalized spacial score (nSPS) is 12.6. The van der Waals surface area contributed by atoms with Crippen LogP contribution < -0.4 is 0 Å². The molecule has 0 aliphatic carbocycles. The second-order valence-electron chi connectivity index (χ2n) is 8.64. The van der Waals surface area contributed by atoms with Gasteiger partial charge in [0.1, 0.15) is 6.61 Å². The van der Waals surface area contributed by atoms with Crippen LogP contribution in [-0.4, -0.2) is 44.9 Å². The van der Waals surface area contributed by atoms with E-state index in [0.717, 1.165) is 27.6 Å². The summed E-state index contributed by atoms with van der Waals surface area (Å²) in [6.45, 7) is 1.52. The molecule has 200 valence electrons. The molecule has 1 atom stereocenters. The van der Waals surface area contributed by atoms with Gasteiger partial charge in [-0.15, -0.1) is 0 Å². The largest absolute Gasteiger partial charge is 0.462 e. The number of nitrogens with zero attached hydrogens (tertiary/aromatic N) is 2. The van der Waals surface area contributed by atoms with E-state index in [0.29, 0.717) is 0 Å². The third-order valence-electron chi connectivity index (χ3n) is 5.68. The fourth-order valence-corrected chi connectivity index (χ4v) is 4.51. The average Bonchev–Trinajstić information content (AvgIpc) is 2.95. The molecule has 4 rings (SSSR count). The minimum Gasteiger partial charge on any atom is -0.462 e. The lowest BCUT2D eigenvalue weighted by atomic mass is 10.1. The van der Waals surface area contributed by atoms with Gasteiger partial charge >= 0.3 is 5.97 Å². The van der Waals surface area contributed by atoms with Crippen molar-refractivity contribution in [2.75, 3.05) is 13.2 Å². The molecule has 9 heteroatoms. The number of pyridine rings is 1. The van der Waals surface area contributed by atoms with E-state index in [1.807, 2.05) is 67.6 Å². The van der Waals surface area contributed by atoms with Gasteiger partial charge in [0.15, 0.2) is 6.10 Å². The molecular weight excluding hydrogens is 516 g/mol. The van der Waals surface area contributed by atoms with Gasteiger partial charge in [-0.1, -0.05) is 77.4 Å². The lowest BCUT2D eigenvalue weighted by molar-refractivity contribution is -0.138. The van der Waals surface area contributed by atoms with Gasteiger partial charge in [-0.25, -0.2) is 4.79 Å². The van der Waals surface area contributed by atoms with Crippen LogP contribution >= 0.6 is 0 Å². The average molecular weight is 545 g/mol. The Balaban J connectivity index is 1.40. The molecule has 1 aromatic heterocycles. The number of rotatable bonds is 12. The Kier molecular flexibility index (Phi) is 9.55. The molecule has 0 bridgehead atoms. The van der Waals surface area contributed by atoms with Crippen LogP contribution in [0.1, 0.15) is 23.1 Å². The molecule has 1 heterocycles. The maximum Gasteiger partial charge on any atom is 0.330 e. The molecule has 1 unspecified atom stereocenters. The SMILES string of the molecule is Cc1ccc(S(=O)(=O)OCC(CCOC(=O)/C=C/c2ccccc2)O/N=C/c2cccc3cccnc23)cc1. The first kappa shape index (κ1) is 27.7. The zero-order valence-electron chi connectivity index (χ0n) is 21.3. The topological polar surface area (TPSA) is 104 Å². The number of hydrogen-bond donors (Lipinski definition) is 0. The number of carbonyl (C=O) groups is 1. The maximum absolute atomic E-state index is 12.7. The predicted octanol–water partition coefficient (Wildman–Crippen LogP) is 5.31. The molecule has 3 aromatic carbocycles. The summed E-state index contributed by atoms with van der Waals surface area (Å²) >= 11 is 0. The molecular formula is C30H28N2O6S. The third-order valence-corrected chi connectivity index (χ3v) is 6.98. The zero-order valence-corrected chi connectivity index (χ0v) is 22.2. The highest BCUT2D eigenvalue weighted by atomic mass is 32.2. The van der Waals surface area contributed by atoms with E-state index >= 15 is 0 Å². The van der Waals surface area contributed by atoms with E-state index in [2.05, 4.69) is 10.1 Å². The van der Waals surface area contributed by atoms with Crippen LogP contribution in [0.4, 0.5) is 0 Å². The van der Waals surface area contributed by atoms with Crippen molar-refractivity contribution in [1.29, 1.82) is 0 Å². The molecule has 0 aliphatic heterocycles. The third kappa shape index (κ3) is 8.33. The number of aryl methyl sites for hydroxylation is 1. The van der Waals surface area contributed by atoms with Crippen LogP contribution in [-0.2, 0) is 28.7 Å². The number of oxime groups is 1. The van der Waals surface area contributed by atoms with Crippen LogP contribution in [0.2, 0.25) is 0 Å². The molecule has 4 aromatic rings. The minimum atomic E-state index is -4.02. The molecule has 0 fully saturated rings. The van der Waals surface area contributed by atoms with E-state index in [1.165, 1.54) is 24.4 Å². The van der Waals surface area contributed by atoms with Crippen LogP contribution in [0.25, 0.3) is 17.0 Å². The number of carbonyl (C=O) groups excluding carboxylic acids is 1. The Morgan fingerprint density at radius 3 is 2.54 bits per heavy atom. The molecule has 0 saturated heterocycles. The summed E-state index contributed by atoms with van der Waals surface area (Å²) in [7, 11) is -4.02. The first-order valence-electron chi connectivity index (χ1n) is 12.3. The van der Waals surface area contributed by atoms with Gasteiger partial charge in [0.25, 0.3) is 10.1 Å². The second-order valence-corrected chi connectivity index (χ2v) is 10.3. The summed E-state index contributed by atoms with van der Waals surface area (Å²) < 4.78 is 35.9. The molecule has 8 nitrogen and oxygen atoms in total. The maximum atomic E-state index is 12.7. The Morgan fingerprint density at radius 2 is 1.74 bits per heavy atom. The van der Waals surface area contributed by atoms with Crippen LogP contribution in [0.5, 0.6) is 0 Å². The molecule has 0 radical (unpaired) electrons. The van der Waals surface area contributed by atoms with Gasteiger partial charge in [0.2, 0.25) is 0 Å². The van der Waals surface area contributed by atoms with Gasteiger partial charge < -0.3 is 9.57 Å². The van der Waals surface area contributed by atoms with Crippen molar-refractivity contribution < 1.29 is 27.0 Å². The van der Waals surface area contributed by atoms with Crippen LogP contribution in [0.3, 0.4) is 0 Å². The Hall–Kier alpha value is -4.34. The van der Waals surface area contributed by atoms with Crippen molar-refractivity contribution in [3.63, 3.8) is 0 Å². The summed E-state index contributed by atoms with van der Waals surface area (Å²) in [6, 6.07) is 25.1. The first-order valence-corrected chi connectivity index (χ1v) is 13.7. The van der Waals surface area contributed by atoms with Gasteiger partial charge in [-0.3, -0.25) is 9.17 Å². The van der Waals surface area contributed by atoms with E-state index in [1.54, 1.807) is 24.4 Å². The van der Waals surface area contributed by atoms with Crippen molar-refractivity contribution in [2.45, 2.75) is 24.3 Å². The van der Waals surface area contributed by atoms with Crippen molar-refractivity contribution in [2.24, 2.45) is 5.16 Å². The molecule has 0 saturated carbocycles. The second kappa shape index (κ2) is 13.5. The highest BCUT2D eigenvalue weighted by Crippen LogP contribution is 2.16. The van der Waals surface area contributed by atoms with Crippen LogP contribution in [0, 0.1) is 6.92 Å². The summed E-state index contributed by atoms with van der Waals surface area (Å²) in [5.41, 5.74) is 3.27. The Labute approximate surface area is 227 Å². The standard InChI is InChI=1S/C30H28N2O6S/c1-23-12-15-28(16-13-23)39(34,35)37-22-27(18-20-36-29(33)17-14-24-7-3-2-4-8-24)38-32-21-26-10-5-9-25-11-6-19-31-30(25)26/h2-17,19,21,27H,18,20,22H2,1H3/b17-14+,32-21+. The summed E-state index contributed by atoms with van der Waals surface area (Å²) in [6.07, 6.45) is 5.51. The summed E-state index contributed by atoms with van der Waals surface area (Å²) in [4.78, 5) is 22.2. The predicted molar refractivity (Wildman–Crippen MR) is 150 cm³/mol. The molecule has 0 N–H and O–H groups in total. The van der Waals surface area contributed by atoms with E-state index in [4.69, 9.17) is 13.8 Å². The first-order chi connectivity index (χ1) is 18.9. The fourth-order valence-electron chi connectivity index (χ4n) is 3.58. The summed E-state index contributed by atoms with van der Waals surface area (Å²) in [5, 5.41) is 5.00. The van der Waals surface area contributed by atoms with Gasteiger partial charge in [0.05, 0.1) is 23.2 Å². The summed E-state index contributed by atoms with van der Waals surface area (Å²) in [5.74, 6) is -0.531. The van der Waals surface area contributed by atoms with E-state index in [-0.39, 0.29) is 24.5 Å². The number of para-hydroxylation sites is 1. The lowest BCUT2D eigenvalue weighted by Gasteiger charge is -2.15. The van der Waals surface area contributed by atoms with Crippen molar-refractivity contribution in [1.82, 2.24) is 4.98 Å². The Bertz CT molecular complexity index is 1550. The van der Waals surface area contributed by atoms with Gasteiger partial charge in [-0.05, 0) is 36.8 Å². The van der Waals surface area contributed by atoms with Crippen molar-refractivity contribution >= 4 is 39.3 Å². The van der Waals surface area contributed by atoms with Crippen LogP contribution in [0.15, 0.2) is 107 Å². The molecule has 0 amide bonds. The Morgan fingerprint density at radius 1 is 0.974 bits per heavy atom. The fraction of sp³-hybridized carbons (Fsp3) is 0.167. The highest BCUT2D eigenvalue weighted by Gasteiger charge is 2.20. The smallest absolute Gasteiger partial charge is 0.330 e. The van der Waals surface area contributed by atoms with Gasteiger partial charge in [0, 0.05) is 29.6 Å². The number of ether oxygens (including phenoxy) is 1. The van der Waals surface area contributed by atoms with Crippen molar-refractivity contribution in [3.8, 4) is 0 Å².